The zero-order valence-corrected chi connectivity index (χ0v) is 19.8. The second-order valence-electron chi connectivity index (χ2n) is 8.65. The normalized spacial score (nSPS) is 15.0. The van der Waals surface area contributed by atoms with Gasteiger partial charge in [0, 0.05) is 29.9 Å². The lowest BCUT2D eigenvalue weighted by Crippen LogP contribution is -2.44. The number of hydrogen-bond donors (Lipinski definition) is 2. The van der Waals surface area contributed by atoms with Gasteiger partial charge in [-0.25, -0.2) is 4.79 Å². The van der Waals surface area contributed by atoms with Gasteiger partial charge in [0.2, 0.25) is 0 Å². The number of hydrogen-bond acceptors (Lipinski definition) is 2. The van der Waals surface area contributed by atoms with E-state index >= 15 is 0 Å². The summed E-state index contributed by atoms with van der Waals surface area (Å²) in [6, 6.07) is 26.7. The molecule has 0 saturated heterocycles. The lowest BCUT2D eigenvalue weighted by Gasteiger charge is -2.36. The van der Waals surface area contributed by atoms with Crippen LogP contribution in [0, 0.1) is 0 Å². The SMILES string of the molecule is NC(=O)c1c2c(n(-c3ccccc3)c1Cl)CCN(C(N)=O)C2c1ccc(Cc2ccccc2)cc1. The molecule has 3 amide bonds. The number of carbonyl (C=O) groups is 2. The van der Waals surface area contributed by atoms with E-state index in [4.69, 9.17) is 23.1 Å². The van der Waals surface area contributed by atoms with Gasteiger partial charge in [-0.1, -0.05) is 84.4 Å². The van der Waals surface area contributed by atoms with E-state index in [0.717, 1.165) is 28.9 Å². The fourth-order valence-electron chi connectivity index (χ4n) is 4.97. The molecule has 0 fully saturated rings. The monoisotopic (exact) mass is 484 g/mol. The Morgan fingerprint density at radius 1 is 0.857 bits per heavy atom. The van der Waals surface area contributed by atoms with Gasteiger partial charge in [-0.3, -0.25) is 4.79 Å². The lowest BCUT2D eigenvalue weighted by atomic mass is 9.89. The summed E-state index contributed by atoms with van der Waals surface area (Å²) >= 11 is 6.77. The molecule has 2 heterocycles. The molecule has 1 aliphatic rings. The molecular weight excluding hydrogens is 460 g/mol. The lowest BCUT2D eigenvalue weighted by molar-refractivity contribution is 0.0997. The van der Waals surface area contributed by atoms with Crippen LogP contribution in [0.5, 0.6) is 0 Å². The van der Waals surface area contributed by atoms with E-state index in [1.54, 1.807) is 4.90 Å². The summed E-state index contributed by atoms with van der Waals surface area (Å²) in [6.45, 7) is 0.393. The minimum absolute atomic E-state index is 0.217. The molecule has 1 atom stereocenters. The topological polar surface area (TPSA) is 94.3 Å². The number of carbonyl (C=O) groups excluding carboxylic acids is 2. The van der Waals surface area contributed by atoms with Crippen molar-refractivity contribution in [1.82, 2.24) is 9.47 Å². The van der Waals surface area contributed by atoms with Gasteiger partial charge >= 0.3 is 6.03 Å². The summed E-state index contributed by atoms with van der Waals surface area (Å²) in [6.07, 6.45) is 1.28. The molecule has 0 spiro atoms. The third-order valence-corrected chi connectivity index (χ3v) is 6.88. The average molecular weight is 485 g/mol. The standard InChI is InChI=1S/C28H25ClN4O2/c29-26-24(27(30)34)23-22(33(26)21-9-5-2-6-10-21)15-16-32(28(31)35)25(23)20-13-11-19(12-14-20)17-18-7-3-1-4-8-18/h1-14,25H,15-17H2,(H2,30,34)(H2,31,35). The second kappa shape index (κ2) is 9.31. The van der Waals surface area contributed by atoms with Crippen molar-refractivity contribution < 1.29 is 9.59 Å². The fourth-order valence-corrected chi connectivity index (χ4v) is 5.37. The Balaban J connectivity index is 1.64. The number of benzene rings is 3. The predicted molar refractivity (Wildman–Crippen MR) is 137 cm³/mol. The van der Waals surface area contributed by atoms with Crippen LogP contribution in [0.15, 0.2) is 84.9 Å². The molecule has 3 aromatic carbocycles. The Labute approximate surface area is 208 Å². The summed E-state index contributed by atoms with van der Waals surface area (Å²) < 4.78 is 1.85. The van der Waals surface area contributed by atoms with Crippen LogP contribution in [0.3, 0.4) is 0 Å². The van der Waals surface area contributed by atoms with Crippen LogP contribution in [0.25, 0.3) is 5.69 Å². The third-order valence-electron chi connectivity index (χ3n) is 6.52. The molecule has 5 rings (SSSR count). The maximum Gasteiger partial charge on any atom is 0.315 e. The van der Waals surface area contributed by atoms with Crippen LogP contribution < -0.4 is 11.5 Å². The second-order valence-corrected chi connectivity index (χ2v) is 9.01. The van der Waals surface area contributed by atoms with Crippen LogP contribution >= 0.6 is 11.6 Å². The average Bonchev–Trinajstić information content (AvgIpc) is 3.17. The molecule has 7 heteroatoms. The zero-order chi connectivity index (χ0) is 24.5. The van der Waals surface area contributed by atoms with Crippen LogP contribution in [-0.2, 0) is 12.8 Å². The first-order valence-corrected chi connectivity index (χ1v) is 11.8. The summed E-state index contributed by atoms with van der Waals surface area (Å²) in [5.41, 5.74) is 17.3. The van der Waals surface area contributed by atoms with Gasteiger partial charge in [0.05, 0.1) is 11.6 Å². The van der Waals surface area contributed by atoms with E-state index in [-0.39, 0.29) is 10.7 Å². The van der Waals surface area contributed by atoms with Crippen molar-refractivity contribution in [2.45, 2.75) is 18.9 Å². The van der Waals surface area contributed by atoms with Gasteiger partial charge < -0.3 is 20.9 Å². The van der Waals surface area contributed by atoms with E-state index < -0.39 is 18.0 Å². The summed E-state index contributed by atoms with van der Waals surface area (Å²) in [5.74, 6) is -0.641. The first-order valence-electron chi connectivity index (χ1n) is 11.4. The van der Waals surface area contributed by atoms with Crippen LogP contribution in [-0.4, -0.2) is 28.0 Å². The largest absolute Gasteiger partial charge is 0.365 e. The van der Waals surface area contributed by atoms with Gasteiger partial charge in [-0.15, -0.1) is 0 Å². The Hall–Kier alpha value is -4.03. The Morgan fingerprint density at radius 3 is 2.06 bits per heavy atom. The van der Waals surface area contributed by atoms with Crippen molar-refractivity contribution in [2.24, 2.45) is 11.5 Å². The van der Waals surface area contributed by atoms with Crippen molar-refractivity contribution in [3.05, 3.63) is 124 Å². The third kappa shape index (κ3) is 4.17. The summed E-state index contributed by atoms with van der Waals surface area (Å²) in [4.78, 5) is 26.7. The maximum absolute atomic E-state index is 12.6. The molecule has 0 radical (unpaired) electrons. The molecule has 0 bridgehead atoms. The number of para-hydroxylation sites is 1. The molecule has 1 unspecified atom stereocenters. The summed E-state index contributed by atoms with van der Waals surface area (Å²) in [7, 11) is 0. The van der Waals surface area contributed by atoms with Crippen molar-refractivity contribution in [3.63, 3.8) is 0 Å². The number of nitrogens with two attached hydrogens (primary N) is 2. The molecular formula is C28H25ClN4O2. The quantitative estimate of drug-likeness (QED) is 0.423. The van der Waals surface area contributed by atoms with E-state index in [1.807, 2.05) is 77.4 Å². The molecule has 6 nitrogen and oxygen atoms in total. The van der Waals surface area contributed by atoms with Gasteiger partial charge in [0.15, 0.2) is 0 Å². The highest BCUT2D eigenvalue weighted by molar-refractivity contribution is 6.33. The number of nitrogens with zero attached hydrogens (tertiary/aromatic N) is 2. The summed E-state index contributed by atoms with van der Waals surface area (Å²) in [5, 5.41) is 0.241. The number of urea groups is 1. The Bertz CT molecular complexity index is 1380. The highest BCUT2D eigenvalue weighted by atomic mass is 35.5. The number of rotatable bonds is 5. The molecule has 1 aromatic heterocycles. The van der Waals surface area contributed by atoms with Crippen molar-refractivity contribution >= 4 is 23.5 Å². The highest BCUT2D eigenvalue weighted by Crippen LogP contribution is 2.43. The highest BCUT2D eigenvalue weighted by Gasteiger charge is 2.39. The van der Waals surface area contributed by atoms with Crippen LogP contribution in [0.1, 0.15) is 44.3 Å². The zero-order valence-electron chi connectivity index (χ0n) is 19.0. The Morgan fingerprint density at radius 2 is 1.46 bits per heavy atom. The maximum atomic E-state index is 12.6. The number of amides is 3. The van der Waals surface area contributed by atoms with Gasteiger partial charge in [-0.05, 0) is 35.2 Å². The molecule has 1 aliphatic heterocycles. The van der Waals surface area contributed by atoms with Crippen LogP contribution in [0.4, 0.5) is 4.79 Å². The van der Waals surface area contributed by atoms with E-state index in [9.17, 15) is 9.59 Å². The molecule has 0 saturated carbocycles. The van der Waals surface area contributed by atoms with Gasteiger partial charge in [0.1, 0.15) is 5.15 Å². The number of aromatic nitrogens is 1. The number of halogens is 1. The van der Waals surface area contributed by atoms with E-state index in [1.165, 1.54) is 5.56 Å². The Kier molecular flexibility index (Phi) is 6.05. The van der Waals surface area contributed by atoms with Crippen molar-refractivity contribution in [1.29, 1.82) is 0 Å². The van der Waals surface area contributed by atoms with E-state index in [0.29, 0.717) is 18.5 Å². The molecule has 0 aliphatic carbocycles. The van der Waals surface area contributed by atoms with Crippen molar-refractivity contribution in [2.75, 3.05) is 6.54 Å². The van der Waals surface area contributed by atoms with E-state index in [2.05, 4.69) is 12.1 Å². The first-order chi connectivity index (χ1) is 17.0. The number of primary amides is 2. The first kappa shape index (κ1) is 22.7. The smallest absolute Gasteiger partial charge is 0.315 e. The minimum atomic E-state index is -0.641. The molecule has 4 N–H and O–H groups in total. The predicted octanol–water partition coefficient (Wildman–Crippen LogP) is 4.85. The van der Waals surface area contributed by atoms with Crippen LogP contribution in [0.2, 0.25) is 5.15 Å². The molecule has 4 aromatic rings. The molecule has 35 heavy (non-hydrogen) atoms. The molecule has 176 valence electrons. The fraction of sp³-hybridized carbons (Fsp3) is 0.143. The number of fused-ring (bicyclic) bond motifs is 1. The minimum Gasteiger partial charge on any atom is -0.365 e. The van der Waals surface area contributed by atoms with Gasteiger partial charge in [0.25, 0.3) is 5.91 Å². The van der Waals surface area contributed by atoms with Gasteiger partial charge in [-0.2, -0.15) is 0 Å². The van der Waals surface area contributed by atoms with Crippen molar-refractivity contribution in [3.8, 4) is 5.69 Å².